The number of hydrogen-bond donors (Lipinski definition) is 3. The molecule has 1 atom stereocenters. The maximum absolute atomic E-state index is 12.0. The Morgan fingerprint density at radius 1 is 1.28 bits per heavy atom. The van der Waals surface area contributed by atoms with Gasteiger partial charge in [-0.3, -0.25) is 10.1 Å². The maximum Gasteiger partial charge on any atom is 0.321 e. The van der Waals surface area contributed by atoms with Gasteiger partial charge in [0.05, 0.1) is 7.05 Å². The lowest BCUT2D eigenvalue weighted by molar-refractivity contribution is -0.885. The summed E-state index contributed by atoms with van der Waals surface area (Å²) in [6.45, 7) is 1.46. The number of likely N-dealkylation sites (N-methyl/N-ethyl adjacent to an activating group) is 1. The second-order valence-corrected chi connectivity index (χ2v) is 7.04. The number of nitrogens with one attached hydrogen (secondary N) is 3. The van der Waals surface area contributed by atoms with Gasteiger partial charge in [-0.15, -0.1) is 0 Å². The first-order chi connectivity index (χ1) is 12.0. The van der Waals surface area contributed by atoms with Gasteiger partial charge in [0, 0.05) is 17.1 Å². The molecule has 0 fully saturated rings. The van der Waals surface area contributed by atoms with Gasteiger partial charge in [-0.2, -0.15) is 0 Å². The third-order valence-corrected chi connectivity index (χ3v) is 4.46. The number of halogens is 1. The average molecular weight is 365 g/mol. The molecule has 0 aliphatic heterocycles. The fourth-order valence-corrected chi connectivity index (χ4v) is 3.23. The molecule has 0 aromatic heterocycles. The van der Waals surface area contributed by atoms with Crippen molar-refractivity contribution < 1.29 is 14.5 Å². The Hall–Kier alpha value is -1.85. The molecule has 2 rings (SSSR count). The van der Waals surface area contributed by atoms with Gasteiger partial charge in [-0.05, 0) is 44.2 Å². The second kappa shape index (κ2) is 10.2. The molecular weight excluding hydrogens is 338 g/mol. The van der Waals surface area contributed by atoms with Gasteiger partial charge in [0.1, 0.15) is 6.54 Å². The van der Waals surface area contributed by atoms with Crippen LogP contribution in [0.3, 0.4) is 0 Å². The zero-order valence-electron chi connectivity index (χ0n) is 14.7. The third-order valence-electron chi connectivity index (χ3n) is 4.23. The largest absolute Gasteiger partial charge is 0.337 e. The number of quaternary nitrogens is 1. The Bertz CT molecular complexity index is 631. The summed E-state index contributed by atoms with van der Waals surface area (Å²) in [6, 6.07) is 7.15. The van der Waals surface area contributed by atoms with Crippen molar-refractivity contribution in [3.05, 3.63) is 46.5 Å². The molecule has 1 aromatic rings. The predicted octanol–water partition coefficient (Wildman–Crippen LogP) is 2.07. The fraction of sp³-hybridized carbons (Fsp3) is 0.474. The van der Waals surface area contributed by atoms with Crippen LogP contribution < -0.4 is 15.5 Å². The van der Waals surface area contributed by atoms with E-state index in [2.05, 4.69) is 16.7 Å². The normalized spacial score (nSPS) is 15.2. The molecule has 5 nitrogen and oxygen atoms in total. The topological polar surface area (TPSA) is 62.6 Å². The van der Waals surface area contributed by atoms with Gasteiger partial charge >= 0.3 is 6.03 Å². The standard InChI is InChI=1S/C19H26ClN3O2/c1-23(13-16-8-5-9-17(20)12-16)14-18(24)22-19(25)21-11-10-15-6-3-2-4-7-15/h5-6,8-9,12H,2-4,7,10-11,13-14H2,1H3,(H2,21,22,24,25)/p+1. The number of imide groups is 1. The molecular formula is C19H27ClN3O2+. The van der Waals surface area contributed by atoms with Crippen LogP contribution in [0, 0.1) is 0 Å². The smallest absolute Gasteiger partial charge is 0.321 e. The van der Waals surface area contributed by atoms with Gasteiger partial charge in [0.2, 0.25) is 0 Å². The zero-order chi connectivity index (χ0) is 18.1. The van der Waals surface area contributed by atoms with Crippen LogP contribution in [0.5, 0.6) is 0 Å². The summed E-state index contributed by atoms with van der Waals surface area (Å²) in [5.41, 5.74) is 2.46. The molecule has 1 aliphatic rings. The number of rotatable bonds is 7. The van der Waals surface area contributed by atoms with E-state index in [0.717, 1.165) is 29.7 Å². The molecule has 3 N–H and O–H groups in total. The van der Waals surface area contributed by atoms with Gasteiger partial charge in [-0.25, -0.2) is 4.79 Å². The van der Waals surface area contributed by atoms with E-state index in [-0.39, 0.29) is 12.5 Å². The molecule has 1 aliphatic carbocycles. The minimum Gasteiger partial charge on any atom is -0.337 e. The van der Waals surface area contributed by atoms with Crippen LogP contribution in [0.15, 0.2) is 35.9 Å². The number of carbonyl (C=O) groups excluding carboxylic acids is 2. The van der Waals surface area contributed by atoms with Crippen molar-refractivity contribution in [1.82, 2.24) is 10.6 Å². The Morgan fingerprint density at radius 3 is 2.84 bits per heavy atom. The van der Waals surface area contributed by atoms with E-state index >= 15 is 0 Å². The van der Waals surface area contributed by atoms with Crippen LogP contribution in [-0.2, 0) is 11.3 Å². The highest BCUT2D eigenvalue weighted by Gasteiger charge is 2.13. The SMILES string of the molecule is C[NH+](CC(=O)NC(=O)NCCC1=CCCCC1)Cc1cccc(Cl)c1. The molecule has 0 saturated heterocycles. The van der Waals surface area contributed by atoms with Crippen molar-refractivity contribution >= 4 is 23.5 Å². The molecule has 0 saturated carbocycles. The zero-order valence-corrected chi connectivity index (χ0v) is 15.5. The van der Waals surface area contributed by atoms with E-state index in [1.54, 1.807) is 0 Å². The predicted molar refractivity (Wildman–Crippen MR) is 99.6 cm³/mol. The van der Waals surface area contributed by atoms with E-state index in [4.69, 9.17) is 11.6 Å². The Labute approximate surface area is 154 Å². The second-order valence-electron chi connectivity index (χ2n) is 6.60. The lowest BCUT2D eigenvalue weighted by Crippen LogP contribution is -3.09. The lowest BCUT2D eigenvalue weighted by atomic mass is 9.97. The monoisotopic (exact) mass is 364 g/mol. The summed E-state index contributed by atoms with van der Waals surface area (Å²) in [4.78, 5) is 24.7. The maximum atomic E-state index is 12.0. The minimum absolute atomic E-state index is 0.227. The van der Waals surface area contributed by atoms with Gasteiger partial charge in [0.25, 0.3) is 5.91 Å². The van der Waals surface area contributed by atoms with E-state index in [1.807, 2.05) is 31.3 Å². The highest BCUT2D eigenvalue weighted by molar-refractivity contribution is 6.30. The lowest BCUT2D eigenvalue weighted by Gasteiger charge is -2.15. The molecule has 0 heterocycles. The first kappa shape index (κ1) is 19.5. The number of benzene rings is 1. The quantitative estimate of drug-likeness (QED) is 0.648. The first-order valence-electron chi connectivity index (χ1n) is 8.84. The van der Waals surface area contributed by atoms with Gasteiger partial charge < -0.3 is 10.2 Å². The molecule has 6 heteroatoms. The van der Waals surface area contributed by atoms with Crippen molar-refractivity contribution in [1.29, 1.82) is 0 Å². The minimum atomic E-state index is -0.419. The van der Waals surface area contributed by atoms with Crippen LogP contribution >= 0.6 is 11.6 Å². The summed E-state index contributed by atoms with van der Waals surface area (Å²) in [7, 11) is 1.91. The van der Waals surface area contributed by atoms with Crippen molar-refractivity contribution in [3.63, 3.8) is 0 Å². The van der Waals surface area contributed by atoms with Crippen LogP contribution in [0.2, 0.25) is 5.02 Å². The number of amides is 3. The number of allylic oxidation sites excluding steroid dienone is 1. The Balaban J connectivity index is 1.64. The van der Waals surface area contributed by atoms with Crippen molar-refractivity contribution in [2.45, 2.75) is 38.6 Å². The molecule has 0 radical (unpaired) electrons. The van der Waals surface area contributed by atoms with Crippen LogP contribution in [0.4, 0.5) is 4.79 Å². The number of carbonyl (C=O) groups is 2. The van der Waals surface area contributed by atoms with E-state index in [0.29, 0.717) is 18.1 Å². The highest BCUT2D eigenvalue weighted by atomic mass is 35.5. The van der Waals surface area contributed by atoms with E-state index in [1.165, 1.54) is 18.4 Å². The average Bonchev–Trinajstić information content (AvgIpc) is 2.55. The Kier molecular flexibility index (Phi) is 7.95. The molecule has 0 spiro atoms. The number of hydrogen-bond acceptors (Lipinski definition) is 2. The third kappa shape index (κ3) is 7.71. The van der Waals surface area contributed by atoms with E-state index < -0.39 is 6.03 Å². The van der Waals surface area contributed by atoms with Crippen molar-refractivity contribution in [2.24, 2.45) is 0 Å². The first-order valence-corrected chi connectivity index (χ1v) is 9.22. The molecule has 25 heavy (non-hydrogen) atoms. The van der Waals surface area contributed by atoms with Crippen LogP contribution in [0.1, 0.15) is 37.7 Å². The van der Waals surface area contributed by atoms with Crippen molar-refractivity contribution in [3.8, 4) is 0 Å². The van der Waals surface area contributed by atoms with Gasteiger partial charge in [0.15, 0.2) is 6.54 Å². The molecule has 136 valence electrons. The summed E-state index contributed by atoms with van der Waals surface area (Å²) in [6.07, 6.45) is 7.89. The summed E-state index contributed by atoms with van der Waals surface area (Å²) >= 11 is 5.96. The summed E-state index contributed by atoms with van der Waals surface area (Å²) in [5, 5.41) is 5.83. The molecule has 3 amide bonds. The molecule has 1 unspecified atom stereocenters. The van der Waals surface area contributed by atoms with Crippen molar-refractivity contribution in [2.75, 3.05) is 20.1 Å². The van der Waals surface area contributed by atoms with E-state index in [9.17, 15) is 9.59 Å². The number of urea groups is 1. The highest BCUT2D eigenvalue weighted by Crippen LogP contribution is 2.19. The summed E-state index contributed by atoms with van der Waals surface area (Å²) < 4.78 is 0. The summed E-state index contributed by atoms with van der Waals surface area (Å²) in [5.74, 6) is -0.283. The van der Waals surface area contributed by atoms with Crippen LogP contribution in [0.25, 0.3) is 0 Å². The molecule has 1 aromatic carbocycles. The fourth-order valence-electron chi connectivity index (χ4n) is 3.02. The van der Waals surface area contributed by atoms with Crippen LogP contribution in [-0.4, -0.2) is 32.1 Å². The molecule has 0 bridgehead atoms. The Morgan fingerprint density at radius 2 is 2.12 bits per heavy atom. The van der Waals surface area contributed by atoms with Gasteiger partial charge in [-0.1, -0.05) is 35.4 Å².